The van der Waals surface area contributed by atoms with Crippen molar-refractivity contribution in [2.45, 2.75) is 30.2 Å². The van der Waals surface area contributed by atoms with Crippen molar-refractivity contribution in [1.82, 2.24) is 10.2 Å². The minimum atomic E-state index is -0.158. The fourth-order valence-electron chi connectivity index (χ4n) is 2.46. The molecule has 0 radical (unpaired) electrons. The van der Waals surface area contributed by atoms with Gasteiger partial charge >= 0.3 is 0 Å². The number of hydrogen-bond donors (Lipinski definition) is 1. The van der Waals surface area contributed by atoms with Gasteiger partial charge in [-0.15, -0.1) is 11.8 Å². The molecule has 25 heavy (non-hydrogen) atoms. The van der Waals surface area contributed by atoms with Crippen LogP contribution in [0.25, 0.3) is 0 Å². The lowest BCUT2D eigenvalue weighted by Crippen LogP contribution is -2.31. The van der Waals surface area contributed by atoms with Gasteiger partial charge < -0.3 is 15.0 Å². The minimum absolute atomic E-state index is 0.0421. The van der Waals surface area contributed by atoms with Crippen LogP contribution in [0.2, 0.25) is 0 Å². The third-order valence-electron chi connectivity index (χ3n) is 3.80. The lowest BCUT2D eigenvalue weighted by Gasteiger charge is -2.16. The topological polar surface area (TPSA) is 41.6 Å². The van der Waals surface area contributed by atoms with Crippen LogP contribution in [0.1, 0.15) is 18.1 Å². The molecule has 5 heteroatoms. The van der Waals surface area contributed by atoms with Crippen molar-refractivity contribution in [3.05, 3.63) is 59.7 Å². The number of methoxy groups -OCH3 is 1. The van der Waals surface area contributed by atoms with E-state index in [1.165, 1.54) is 5.56 Å². The number of rotatable bonds is 8. The van der Waals surface area contributed by atoms with Gasteiger partial charge in [-0.3, -0.25) is 4.79 Å². The number of hydrogen-bond acceptors (Lipinski definition) is 4. The molecule has 0 fully saturated rings. The Kier molecular flexibility index (Phi) is 7.34. The molecular formula is C20H26N2O2S. The average Bonchev–Trinajstić information content (AvgIpc) is 2.60. The monoisotopic (exact) mass is 358 g/mol. The second-order valence-corrected chi connectivity index (χ2v) is 7.57. The van der Waals surface area contributed by atoms with Crippen molar-refractivity contribution >= 4 is 17.7 Å². The summed E-state index contributed by atoms with van der Waals surface area (Å²) in [4.78, 5) is 15.6. The van der Waals surface area contributed by atoms with Gasteiger partial charge in [0, 0.05) is 18.0 Å². The normalized spacial score (nSPS) is 12.0. The quantitative estimate of drug-likeness (QED) is 0.733. The summed E-state index contributed by atoms with van der Waals surface area (Å²) in [6.45, 7) is 3.34. The molecule has 1 unspecified atom stereocenters. The van der Waals surface area contributed by atoms with Crippen LogP contribution in [0.5, 0.6) is 5.75 Å². The van der Waals surface area contributed by atoms with Crippen molar-refractivity contribution in [3.63, 3.8) is 0 Å². The van der Waals surface area contributed by atoms with Crippen LogP contribution >= 0.6 is 11.8 Å². The van der Waals surface area contributed by atoms with E-state index < -0.39 is 0 Å². The van der Waals surface area contributed by atoms with Crippen molar-refractivity contribution in [1.29, 1.82) is 0 Å². The van der Waals surface area contributed by atoms with Crippen molar-refractivity contribution in [2.75, 3.05) is 21.2 Å². The summed E-state index contributed by atoms with van der Waals surface area (Å²) < 4.78 is 5.16. The molecule has 1 atom stereocenters. The number of benzene rings is 2. The summed E-state index contributed by atoms with van der Waals surface area (Å²) in [5.41, 5.74) is 2.40. The van der Waals surface area contributed by atoms with Crippen LogP contribution in [0.3, 0.4) is 0 Å². The number of carbonyl (C=O) groups is 1. The fourth-order valence-corrected chi connectivity index (χ4v) is 3.35. The van der Waals surface area contributed by atoms with Gasteiger partial charge in [0.1, 0.15) is 5.75 Å². The molecule has 0 saturated carbocycles. The average molecular weight is 359 g/mol. The van der Waals surface area contributed by atoms with E-state index in [2.05, 4.69) is 22.3 Å². The smallest absolute Gasteiger partial charge is 0.233 e. The van der Waals surface area contributed by atoms with E-state index >= 15 is 0 Å². The van der Waals surface area contributed by atoms with E-state index in [0.717, 1.165) is 22.8 Å². The van der Waals surface area contributed by atoms with Crippen LogP contribution in [0.15, 0.2) is 53.4 Å². The first-order chi connectivity index (χ1) is 12.0. The van der Waals surface area contributed by atoms with Crippen LogP contribution in [-0.4, -0.2) is 37.3 Å². The van der Waals surface area contributed by atoms with Gasteiger partial charge in [0.2, 0.25) is 5.91 Å². The summed E-state index contributed by atoms with van der Waals surface area (Å²) in [6, 6.07) is 16.0. The summed E-state index contributed by atoms with van der Waals surface area (Å²) in [5.74, 6) is 0.861. The summed E-state index contributed by atoms with van der Waals surface area (Å²) in [7, 11) is 5.73. The predicted octanol–water partition coefficient (Wildman–Crippen LogP) is 3.55. The van der Waals surface area contributed by atoms with Crippen LogP contribution < -0.4 is 10.1 Å². The zero-order valence-corrected chi connectivity index (χ0v) is 16.1. The molecule has 0 heterocycles. The summed E-state index contributed by atoms with van der Waals surface area (Å²) in [6.07, 6.45) is 0. The highest BCUT2D eigenvalue weighted by atomic mass is 32.2. The predicted molar refractivity (Wildman–Crippen MR) is 104 cm³/mol. The van der Waals surface area contributed by atoms with Crippen LogP contribution in [0.4, 0.5) is 0 Å². The Morgan fingerprint density at radius 2 is 1.76 bits per heavy atom. The van der Waals surface area contributed by atoms with E-state index in [9.17, 15) is 4.79 Å². The Labute approximate surface area is 154 Å². The van der Waals surface area contributed by atoms with Gasteiger partial charge in [-0.2, -0.15) is 0 Å². The lowest BCUT2D eigenvalue weighted by molar-refractivity contribution is -0.120. The molecule has 0 bridgehead atoms. The SMILES string of the molecule is COc1ccc(SC(C)C(=O)NCc2ccccc2CN(C)C)cc1. The molecule has 0 aliphatic rings. The molecule has 2 aromatic carbocycles. The second-order valence-electron chi connectivity index (χ2n) is 6.16. The van der Waals surface area contributed by atoms with Gasteiger partial charge in [0.25, 0.3) is 0 Å². The maximum atomic E-state index is 12.4. The number of nitrogens with zero attached hydrogens (tertiary/aromatic N) is 1. The molecule has 1 amide bonds. The van der Waals surface area contributed by atoms with Crippen molar-refractivity contribution in [2.24, 2.45) is 0 Å². The van der Waals surface area contributed by atoms with Crippen molar-refractivity contribution in [3.8, 4) is 5.75 Å². The van der Waals surface area contributed by atoms with E-state index in [1.807, 2.05) is 57.4 Å². The Balaban J connectivity index is 1.91. The molecule has 2 rings (SSSR count). The summed E-state index contributed by atoms with van der Waals surface area (Å²) >= 11 is 1.55. The Bertz CT molecular complexity index is 686. The van der Waals surface area contributed by atoms with Crippen LogP contribution in [0, 0.1) is 0 Å². The van der Waals surface area contributed by atoms with Gasteiger partial charge in [0.15, 0.2) is 0 Å². The first-order valence-electron chi connectivity index (χ1n) is 8.29. The Hall–Kier alpha value is -1.98. The fraction of sp³-hybridized carbons (Fsp3) is 0.350. The molecule has 134 valence electrons. The number of thioether (sulfide) groups is 1. The van der Waals surface area contributed by atoms with Crippen LogP contribution in [-0.2, 0) is 17.9 Å². The molecular weight excluding hydrogens is 332 g/mol. The maximum absolute atomic E-state index is 12.4. The molecule has 1 N–H and O–H groups in total. The third-order valence-corrected chi connectivity index (χ3v) is 4.91. The van der Waals surface area contributed by atoms with Gasteiger partial charge in [-0.05, 0) is 56.4 Å². The zero-order valence-electron chi connectivity index (χ0n) is 15.3. The van der Waals surface area contributed by atoms with E-state index in [-0.39, 0.29) is 11.2 Å². The Morgan fingerprint density at radius 3 is 2.36 bits per heavy atom. The molecule has 0 spiro atoms. The molecule has 4 nitrogen and oxygen atoms in total. The van der Waals surface area contributed by atoms with E-state index in [0.29, 0.717) is 6.54 Å². The highest BCUT2D eigenvalue weighted by molar-refractivity contribution is 8.00. The van der Waals surface area contributed by atoms with Gasteiger partial charge in [0.05, 0.1) is 12.4 Å². The zero-order chi connectivity index (χ0) is 18.2. The molecule has 0 aromatic heterocycles. The number of nitrogens with one attached hydrogen (secondary N) is 1. The largest absolute Gasteiger partial charge is 0.497 e. The van der Waals surface area contributed by atoms with Gasteiger partial charge in [-0.1, -0.05) is 24.3 Å². The number of amides is 1. The molecule has 0 aliphatic carbocycles. The number of carbonyl (C=O) groups excluding carboxylic acids is 1. The standard InChI is InChI=1S/C20H26N2O2S/c1-15(25-19-11-9-18(24-4)10-12-19)20(23)21-13-16-7-5-6-8-17(16)14-22(2)3/h5-12,15H,13-14H2,1-4H3,(H,21,23). The minimum Gasteiger partial charge on any atom is -0.497 e. The van der Waals surface area contributed by atoms with E-state index in [4.69, 9.17) is 4.74 Å². The molecule has 2 aromatic rings. The number of ether oxygens (including phenoxy) is 1. The summed E-state index contributed by atoms with van der Waals surface area (Å²) in [5, 5.41) is 2.89. The first-order valence-corrected chi connectivity index (χ1v) is 9.17. The van der Waals surface area contributed by atoms with E-state index in [1.54, 1.807) is 18.9 Å². The van der Waals surface area contributed by atoms with Gasteiger partial charge in [-0.25, -0.2) is 0 Å². The van der Waals surface area contributed by atoms with Crippen molar-refractivity contribution < 1.29 is 9.53 Å². The molecule has 0 saturated heterocycles. The first kappa shape index (κ1) is 19.3. The molecule has 0 aliphatic heterocycles. The maximum Gasteiger partial charge on any atom is 0.233 e. The highest BCUT2D eigenvalue weighted by Crippen LogP contribution is 2.25. The third kappa shape index (κ3) is 6.11. The second kappa shape index (κ2) is 9.49. The lowest BCUT2D eigenvalue weighted by atomic mass is 10.1. The Morgan fingerprint density at radius 1 is 1.12 bits per heavy atom. The highest BCUT2D eigenvalue weighted by Gasteiger charge is 2.14.